The zero-order valence-corrected chi connectivity index (χ0v) is 11.5. The Morgan fingerprint density at radius 1 is 1.20 bits per heavy atom. The summed E-state index contributed by atoms with van der Waals surface area (Å²) in [6.45, 7) is 0.656. The molecule has 0 saturated heterocycles. The van der Waals surface area contributed by atoms with Gasteiger partial charge < -0.3 is 9.94 Å². The van der Waals surface area contributed by atoms with Crippen molar-refractivity contribution in [2.45, 2.75) is 31.8 Å². The Labute approximate surface area is 119 Å². The Morgan fingerprint density at radius 3 is 3.00 bits per heavy atom. The quantitative estimate of drug-likeness (QED) is 0.632. The predicted octanol–water partition coefficient (Wildman–Crippen LogP) is 2.96. The number of ether oxygens (including phenoxy) is 1. The van der Waals surface area contributed by atoms with Crippen molar-refractivity contribution in [1.29, 1.82) is 0 Å². The molecule has 0 radical (unpaired) electrons. The fourth-order valence-corrected chi connectivity index (χ4v) is 2.85. The van der Waals surface area contributed by atoms with Gasteiger partial charge in [-0.3, -0.25) is 0 Å². The maximum atomic E-state index is 11.2. The number of pyridine rings is 1. The highest BCUT2D eigenvalue weighted by atomic mass is 16.5. The van der Waals surface area contributed by atoms with Crippen LogP contribution in [0.3, 0.4) is 0 Å². The van der Waals surface area contributed by atoms with Gasteiger partial charge in [-0.15, -0.1) is 0 Å². The molecule has 1 aliphatic rings. The van der Waals surface area contributed by atoms with Crippen molar-refractivity contribution in [1.82, 2.24) is 0 Å². The molecule has 0 fully saturated rings. The second-order valence-electron chi connectivity index (χ2n) is 5.27. The normalized spacial score (nSPS) is 17.7. The molecule has 1 aliphatic carbocycles. The van der Waals surface area contributed by atoms with Gasteiger partial charge in [-0.2, -0.15) is 4.73 Å². The maximum absolute atomic E-state index is 11.2. The highest BCUT2D eigenvalue weighted by Gasteiger charge is 2.19. The Hall–Kier alpha value is -1.87. The van der Waals surface area contributed by atoms with Crippen LogP contribution in [-0.4, -0.2) is 6.61 Å². The van der Waals surface area contributed by atoms with Crippen LogP contribution in [0.25, 0.3) is 0 Å². The van der Waals surface area contributed by atoms with E-state index in [9.17, 15) is 5.21 Å². The lowest BCUT2D eigenvalue weighted by Gasteiger charge is -2.25. The van der Waals surface area contributed by atoms with Crippen molar-refractivity contribution in [2.24, 2.45) is 0 Å². The molecule has 3 nitrogen and oxygen atoms in total. The largest absolute Gasteiger partial charge is 0.619 e. The van der Waals surface area contributed by atoms with Crippen molar-refractivity contribution in [3.63, 3.8) is 0 Å². The van der Waals surface area contributed by atoms with Crippen LogP contribution in [0.4, 0.5) is 0 Å². The van der Waals surface area contributed by atoms with Gasteiger partial charge >= 0.3 is 0 Å². The summed E-state index contributed by atoms with van der Waals surface area (Å²) >= 11 is 0. The second-order valence-corrected chi connectivity index (χ2v) is 5.27. The minimum atomic E-state index is 0.211. The van der Waals surface area contributed by atoms with Gasteiger partial charge in [-0.05, 0) is 36.5 Å². The molecule has 0 N–H and O–H groups in total. The lowest BCUT2D eigenvalue weighted by Crippen LogP contribution is -2.25. The van der Waals surface area contributed by atoms with E-state index < -0.39 is 0 Å². The highest BCUT2D eigenvalue weighted by molar-refractivity contribution is 5.31. The van der Waals surface area contributed by atoms with E-state index >= 15 is 0 Å². The van der Waals surface area contributed by atoms with Gasteiger partial charge in [0.1, 0.15) is 0 Å². The predicted molar refractivity (Wildman–Crippen MR) is 77.2 cm³/mol. The van der Waals surface area contributed by atoms with E-state index in [1.54, 1.807) is 12.3 Å². The summed E-state index contributed by atoms with van der Waals surface area (Å²) in [6.07, 6.45) is 7.54. The zero-order chi connectivity index (χ0) is 13.8. The van der Waals surface area contributed by atoms with Gasteiger partial charge in [0.25, 0.3) is 0 Å². The first-order chi connectivity index (χ1) is 9.83. The maximum Gasteiger partial charge on any atom is 0.183 e. The first-order valence-corrected chi connectivity index (χ1v) is 7.20. The van der Waals surface area contributed by atoms with E-state index in [-0.39, 0.29) is 6.10 Å². The molecule has 0 spiro atoms. The minimum absolute atomic E-state index is 0.211. The fraction of sp³-hybridized carbons (Fsp3) is 0.353. The van der Waals surface area contributed by atoms with Crippen LogP contribution in [0.1, 0.15) is 35.6 Å². The van der Waals surface area contributed by atoms with Gasteiger partial charge in [0.2, 0.25) is 0 Å². The number of fused-ring (bicyclic) bond motifs is 1. The van der Waals surface area contributed by atoms with Crippen LogP contribution in [0, 0.1) is 5.21 Å². The zero-order valence-electron chi connectivity index (χ0n) is 11.5. The van der Waals surface area contributed by atoms with E-state index in [2.05, 4.69) is 24.3 Å². The molecule has 1 atom stereocenters. The van der Waals surface area contributed by atoms with Crippen LogP contribution < -0.4 is 4.73 Å². The summed E-state index contributed by atoms with van der Waals surface area (Å²) in [5.41, 5.74) is 3.78. The molecule has 0 bridgehead atoms. The monoisotopic (exact) mass is 269 g/mol. The molecule has 2 aromatic rings. The molecule has 104 valence electrons. The van der Waals surface area contributed by atoms with Crippen molar-refractivity contribution < 1.29 is 9.47 Å². The third-order valence-electron chi connectivity index (χ3n) is 3.86. The molecular formula is C17H19NO2. The average molecular weight is 269 g/mol. The van der Waals surface area contributed by atoms with Gasteiger partial charge in [0.05, 0.1) is 12.7 Å². The van der Waals surface area contributed by atoms with Crippen molar-refractivity contribution in [3.05, 3.63) is 70.7 Å². The van der Waals surface area contributed by atoms with E-state index in [0.717, 1.165) is 29.6 Å². The van der Waals surface area contributed by atoms with Gasteiger partial charge in [-0.1, -0.05) is 24.3 Å². The third-order valence-corrected chi connectivity index (χ3v) is 3.86. The Balaban J connectivity index is 1.60. The summed E-state index contributed by atoms with van der Waals surface area (Å²) in [5.74, 6) is 0. The minimum Gasteiger partial charge on any atom is -0.619 e. The van der Waals surface area contributed by atoms with Crippen molar-refractivity contribution in [2.75, 3.05) is 6.61 Å². The van der Waals surface area contributed by atoms with Gasteiger partial charge in [0.15, 0.2) is 12.4 Å². The van der Waals surface area contributed by atoms with Crippen LogP contribution in [0.5, 0.6) is 0 Å². The van der Waals surface area contributed by atoms with E-state index in [1.807, 2.05) is 6.07 Å². The molecule has 0 amide bonds. The van der Waals surface area contributed by atoms with Crippen LogP contribution in [0.15, 0.2) is 48.8 Å². The number of hydrogen-bond donors (Lipinski definition) is 0. The lowest BCUT2D eigenvalue weighted by atomic mass is 9.89. The SMILES string of the molecule is [O-][n+]1cccc(CCOC2CCCc3ccccc32)c1. The molecule has 3 rings (SSSR count). The first-order valence-electron chi connectivity index (χ1n) is 7.20. The Morgan fingerprint density at radius 2 is 2.10 bits per heavy atom. The van der Waals surface area contributed by atoms with Crippen LogP contribution in [0.2, 0.25) is 0 Å². The number of rotatable bonds is 4. The number of hydrogen-bond acceptors (Lipinski definition) is 2. The molecule has 1 aromatic heterocycles. The standard InChI is InChI=1S/C17H19NO2/c19-18-11-4-5-14(13-18)10-12-20-17-9-3-7-15-6-1-2-8-16(15)17/h1-2,4-6,8,11,13,17H,3,7,9-10,12H2. The molecular weight excluding hydrogens is 250 g/mol. The number of benzene rings is 1. The Kier molecular flexibility index (Phi) is 3.97. The molecule has 20 heavy (non-hydrogen) atoms. The third kappa shape index (κ3) is 2.99. The van der Waals surface area contributed by atoms with E-state index in [0.29, 0.717) is 6.61 Å². The number of aromatic nitrogens is 1. The molecule has 0 aliphatic heterocycles. The van der Waals surface area contributed by atoms with E-state index in [4.69, 9.17) is 4.74 Å². The van der Waals surface area contributed by atoms with Crippen LogP contribution in [-0.2, 0) is 17.6 Å². The second kappa shape index (κ2) is 6.06. The summed E-state index contributed by atoms with van der Waals surface area (Å²) in [7, 11) is 0. The molecule has 1 unspecified atom stereocenters. The lowest BCUT2D eigenvalue weighted by molar-refractivity contribution is -0.605. The number of aryl methyl sites for hydroxylation is 1. The van der Waals surface area contributed by atoms with Gasteiger partial charge in [0, 0.05) is 18.1 Å². The molecule has 0 saturated carbocycles. The fourth-order valence-electron chi connectivity index (χ4n) is 2.85. The highest BCUT2D eigenvalue weighted by Crippen LogP contribution is 2.32. The number of nitrogens with zero attached hydrogens (tertiary/aromatic N) is 1. The molecule has 1 aromatic carbocycles. The van der Waals surface area contributed by atoms with Crippen molar-refractivity contribution in [3.8, 4) is 0 Å². The van der Waals surface area contributed by atoms with E-state index in [1.165, 1.54) is 23.7 Å². The average Bonchev–Trinajstić information content (AvgIpc) is 2.48. The van der Waals surface area contributed by atoms with Crippen LogP contribution >= 0.6 is 0 Å². The summed E-state index contributed by atoms with van der Waals surface area (Å²) in [5, 5.41) is 11.2. The Bertz CT molecular complexity index is 583. The molecule has 1 heterocycles. The molecule has 3 heteroatoms. The van der Waals surface area contributed by atoms with Crippen molar-refractivity contribution >= 4 is 0 Å². The summed E-state index contributed by atoms with van der Waals surface area (Å²) < 4.78 is 6.88. The topological polar surface area (TPSA) is 36.2 Å². The first kappa shape index (κ1) is 13.1. The smallest absolute Gasteiger partial charge is 0.183 e. The summed E-state index contributed by atoms with van der Waals surface area (Å²) in [6, 6.07) is 12.3. The summed E-state index contributed by atoms with van der Waals surface area (Å²) in [4.78, 5) is 0. The van der Waals surface area contributed by atoms with Gasteiger partial charge in [-0.25, -0.2) is 0 Å².